The summed E-state index contributed by atoms with van der Waals surface area (Å²) >= 11 is 0. The van der Waals surface area contributed by atoms with Gasteiger partial charge in [-0.3, -0.25) is 14.4 Å². The molecule has 0 heterocycles. The second-order valence-electron chi connectivity index (χ2n) is 22.4. The highest BCUT2D eigenvalue weighted by Crippen LogP contribution is 2.16. The molecule has 1 atom stereocenters. The van der Waals surface area contributed by atoms with E-state index >= 15 is 0 Å². The number of ether oxygens (including phenoxy) is 3. The van der Waals surface area contributed by atoms with E-state index in [0.29, 0.717) is 19.3 Å². The van der Waals surface area contributed by atoms with Gasteiger partial charge in [0.25, 0.3) is 0 Å². The summed E-state index contributed by atoms with van der Waals surface area (Å²) in [6, 6.07) is 0. The third kappa shape index (κ3) is 64.9. The highest BCUT2D eigenvalue weighted by molar-refractivity contribution is 5.71. The molecular formula is C74H126O6. The zero-order chi connectivity index (χ0) is 57.8. The summed E-state index contributed by atoms with van der Waals surface area (Å²) in [5, 5.41) is 0. The topological polar surface area (TPSA) is 78.9 Å². The van der Waals surface area contributed by atoms with E-state index in [-0.39, 0.29) is 31.1 Å². The largest absolute Gasteiger partial charge is 0.462 e. The molecule has 80 heavy (non-hydrogen) atoms. The maximum atomic E-state index is 12.9. The number of rotatable bonds is 61. The molecule has 1 unspecified atom stereocenters. The lowest BCUT2D eigenvalue weighted by Crippen LogP contribution is -2.30. The Bertz CT molecular complexity index is 1610. The van der Waals surface area contributed by atoms with Gasteiger partial charge in [0, 0.05) is 19.3 Å². The average molecular weight is 1110 g/mol. The van der Waals surface area contributed by atoms with Crippen LogP contribution in [0.4, 0.5) is 0 Å². The van der Waals surface area contributed by atoms with Crippen molar-refractivity contribution < 1.29 is 28.6 Å². The van der Waals surface area contributed by atoms with Crippen LogP contribution in [-0.4, -0.2) is 37.2 Å². The fourth-order valence-corrected chi connectivity index (χ4v) is 9.45. The van der Waals surface area contributed by atoms with E-state index in [4.69, 9.17) is 14.2 Å². The van der Waals surface area contributed by atoms with Crippen LogP contribution in [0.15, 0.2) is 109 Å². The van der Waals surface area contributed by atoms with E-state index in [0.717, 1.165) is 122 Å². The predicted octanol–water partition coefficient (Wildman–Crippen LogP) is 23.4. The number of carbonyl (C=O) groups is 3. The van der Waals surface area contributed by atoms with Gasteiger partial charge in [-0.25, -0.2) is 0 Å². The highest BCUT2D eigenvalue weighted by Gasteiger charge is 2.19. The molecule has 0 aliphatic carbocycles. The molecule has 0 aliphatic heterocycles. The van der Waals surface area contributed by atoms with Crippen molar-refractivity contribution >= 4 is 17.9 Å². The molecule has 0 amide bonds. The van der Waals surface area contributed by atoms with Crippen molar-refractivity contribution in [3.8, 4) is 0 Å². The summed E-state index contributed by atoms with van der Waals surface area (Å²) in [5.74, 6) is -0.882. The first-order valence-corrected chi connectivity index (χ1v) is 33.9. The van der Waals surface area contributed by atoms with Gasteiger partial charge < -0.3 is 14.2 Å². The molecule has 0 fully saturated rings. The van der Waals surface area contributed by atoms with Crippen LogP contribution in [0, 0.1) is 0 Å². The van der Waals surface area contributed by atoms with Crippen molar-refractivity contribution in [1.82, 2.24) is 0 Å². The van der Waals surface area contributed by atoms with Crippen molar-refractivity contribution in [3.05, 3.63) is 109 Å². The molecule has 0 N–H and O–H groups in total. The van der Waals surface area contributed by atoms with Crippen LogP contribution in [0.1, 0.15) is 323 Å². The van der Waals surface area contributed by atoms with Gasteiger partial charge in [-0.15, -0.1) is 0 Å². The first-order chi connectivity index (χ1) is 39.5. The Morgan fingerprint density at radius 1 is 0.263 bits per heavy atom. The molecule has 0 aromatic heterocycles. The second-order valence-corrected chi connectivity index (χ2v) is 22.4. The maximum Gasteiger partial charge on any atom is 0.306 e. The number of esters is 3. The molecule has 0 aromatic carbocycles. The Morgan fingerprint density at radius 2 is 0.487 bits per heavy atom. The molecule has 0 bridgehead atoms. The van der Waals surface area contributed by atoms with Crippen LogP contribution in [0.25, 0.3) is 0 Å². The van der Waals surface area contributed by atoms with Gasteiger partial charge in [-0.2, -0.15) is 0 Å². The van der Waals surface area contributed by atoms with Gasteiger partial charge in [0.2, 0.25) is 0 Å². The number of unbranched alkanes of at least 4 members (excludes halogenated alkanes) is 32. The molecule has 0 aromatic rings. The lowest BCUT2D eigenvalue weighted by molar-refractivity contribution is -0.167. The number of allylic oxidation sites excluding steroid dienone is 18. The SMILES string of the molecule is CC/C=C\C/C=C\C/C=C\C/C=C\C/C=C\C/C=C\C/C=C\C/C=C\CCCCCCCCCCCCC(=O)OCC(COC(=O)CCCCCCCCCCCCC)OC(=O)CCCCCCC/C=C\CCCCCCCCC. The maximum absolute atomic E-state index is 12.9. The lowest BCUT2D eigenvalue weighted by Gasteiger charge is -2.18. The normalized spacial score (nSPS) is 12.8. The summed E-state index contributed by atoms with van der Waals surface area (Å²) in [6.07, 6.45) is 92.5. The van der Waals surface area contributed by atoms with E-state index in [1.807, 2.05) is 0 Å². The molecule has 6 heteroatoms. The van der Waals surface area contributed by atoms with Crippen LogP contribution < -0.4 is 0 Å². The van der Waals surface area contributed by atoms with E-state index < -0.39 is 6.10 Å². The minimum Gasteiger partial charge on any atom is -0.462 e. The number of hydrogen-bond acceptors (Lipinski definition) is 6. The molecule has 0 aliphatic rings. The van der Waals surface area contributed by atoms with Gasteiger partial charge in [0.1, 0.15) is 13.2 Å². The molecule has 0 radical (unpaired) electrons. The molecule has 458 valence electrons. The zero-order valence-electron chi connectivity index (χ0n) is 52.6. The average Bonchev–Trinajstić information content (AvgIpc) is 3.46. The van der Waals surface area contributed by atoms with Crippen molar-refractivity contribution in [2.45, 2.75) is 329 Å². The van der Waals surface area contributed by atoms with Crippen LogP contribution in [0.5, 0.6) is 0 Å². The number of hydrogen-bond donors (Lipinski definition) is 0. The summed E-state index contributed by atoms with van der Waals surface area (Å²) < 4.78 is 16.9. The summed E-state index contributed by atoms with van der Waals surface area (Å²) in [5.41, 5.74) is 0. The van der Waals surface area contributed by atoms with Gasteiger partial charge in [-0.1, -0.05) is 304 Å². The first kappa shape index (κ1) is 76.1. The fraction of sp³-hybridized carbons (Fsp3) is 0.716. The van der Waals surface area contributed by atoms with Crippen molar-refractivity contribution in [3.63, 3.8) is 0 Å². The van der Waals surface area contributed by atoms with E-state index in [1.54, 1.807) is 0 Å². The minimum absolute atomic E-state index is 0.0788. The summed E-state index contributed by atoms with van der Waals surface area (Å²) in [4.78, 5) is 38.3. The fourth-order valence-electron chi connectivity index (χ4n) is 9.45. The van der Waals surface area contributed by atoms with E-state index in [9.17, 15) is 14.4 Å². The van der Waals surface area contributed by atoms with Crippen molar-refractivity contribution in [2.24, 2.45) is 0 Å². The van der Waals surface area contributed by atoms with Crippen LogP contribution >= 0.6 is 0 Å². The summed E-state index contributed by atoms with van der Waals surface area (Å²) in [7, 11) is 0. The Balaban J connectivity index is 4.19. The highest BCUT2D eigenvalue weighted by atomic mass is 16.6. The molecule has 0 spiro atoms. The van der Waals surface area contributed by atoms with Gasteiger partial charge in [0.15, 0.2) is 6.10 Å². The lowest BCUT2D eigenvalue weighted by atomic mass is 10.1. The second kappa shape index (κ2) is 67.6. The number of carbonyl (C=O) groups excluding carboxylic acids is 3. The van der Waals surface area contributed by atoms with Crippen molar-refractivity contribution in [2.75, 3.05) is 13.2 Å². The molecular weight excluding hydrogens is 985 g/mol. The Morgan fingerprint density at radius 3 is 0.775 bits per heavy atom. The third-order valence-electron chi connectivity index (χ3n) is 14.5. The van der Waals surface area contributed by atoms with Gasteiger partial charge >= 0.3 is 17.9 Å². The van der Waals surface area contributed by atoms with Crippen molar-refractivity contribution in [1.29, 1.82) is 0 Å². The van der Waals surface area contributed by atoms with E-state index in [1.165, 1.54) is 161 Å². The van der Waals surface area contributed by atoms with Crippen LogP contribution in [0.2, 0.25) is 0 Å². The quantitative estimate of drug-likeness (QED) is 0.0261. The minimum atomic E-state index is -0.782. The van der Waals surface area contributed by atoms with E-state index in [2.05, 4.69) is 130 Å². The molecule has 6 nitrogen and oxygen atoms in total. The monoisotopic (exact) mass is 1110 g/mol. The zero-order valence-corrected chi connectivity index (χ0v) is 52.6. The third-order valence-corrected chi connectivity index (χ3v) is 14.5. The van der Waals surface area contributed by atoms with Crippen LogP contribution in [0.3, 0.4) is 0 Å². The Labute approximate surface area is 495 Å². The summed E-state index contributed by atoms with van der Waals surface area (Å²) in [6.45, 7) is 6.53. The molecule has 0 saturated heterocycles. The smallest absolute Gasteiger partial charge is 0.306 e. The van der Waals surface area contributed by atoms with Crippen LogP contribution in [-0.2, 0) is 28.6 Å². The first-order valence-electron chi connectivity index (χ1n) is 33.9. The standard InChI is InChI=1S/C74H126O6/c1-4-7-10-13-16-19-22-24-26-28-29-30-31-32-33-34-35-36-37-38-39-40-41-42-43-44-45-46-48-49-52-55-58-61-64-67-73(76)79-70-71(69-78-72(75)66-63-60-57-54-51-21-18-15-12-9-6-3)80-74(77)68-65-62-59-56-53-50-47-27-25-23-20-17-14-11-8-5-2/h7,10,16,19,24,26-27,29-30,32-33,35-36,38-39,41-42,47,71H,4-6,8-9,11-15,17-18,20-23,25,28,31,34,37,40,43-46,48-70H2,1-3H3/b10-7-,19-16-,26-24-,30-29-,33-32-,36-35-,39-38-,42-41-,47-27-. The van der Waals surface area contributed by atoms with Gasteiger partial charge in [-0.05, 0) is 109 Å². The molecule has 0 rings (SSSR count). The predicted molar refractivity (Wildman–Crippen MR) is 348 cm³/mol. The Hall–Kier alpha value is -3.93. The van der Waals surface area contributed by atoms with Gasteiger partial charge in [0.05, 0.1) is 0 Å². The Kier molecular flexibility index (Phi) is 64.3. The molecule has 0 saturated carbocycles.